The maximum absolute atomic E-state index is 5.73. The number of aryl methyl sites for hydroxylation is 1. The monoisotopic (exact) mass is 308 g/mol. The lowest BCUT2D eigenvalue weighted by molar-refractivity contribution is 0.460. The summed E-state index contributed by atoms with van der Waals surface area (Å²) in [5.74, 6) is 6.49. The van der Waals surface area contributed by atoms with E-state index >= 15 is 0 Å². The van der Waals surface area contributed by atoms with Crippen LogP contribution in [-0.4, -0.2) is 20.2 Å². The molecule has 1 heterocycles. The molecular weight excluding hydrogens is 288 g/mol. The van der Waals surface area contributed by atoms with Gasteiger partial charge in [0.05, 0.1) is 12.6 Å². The standard InChI is InChI=1S/C17H20N6/c18-19-16(12-11-14-7-3-1-4-8-14)17-20-21-22-23(17)13-15-9-5-2-6-10-15/h1-10,16,19H,11-13,18H2. The van der Waals surface area contributed by atoms with E-state index in [0.29, 0.717) is 6.54 Å². The number of aromatic nitrogens is 4. The van der Waals surface area contributed by atoms with Crippen LogP contribution < -0.4 is 11.3 Å². The van der Waals surface area contributed by atoms with Gasteiger partial charge in [-0.2, -0.15) is 0 Å². The van der Waals surface area contributed by atoms with Crippen molar-refractivity contribution in [1.82, 2.24) is 25.6 Å². The second kappa shape index (κ2) is 7.62. The Kier molecular flexibility index (Phi) is 5.08. The Morgan fingerprint density at radius 1 is 0.957 bits per heavy atom. The SMILES string of the molecule is NNC(CCc1ccccc1)c1nnnn1Cc1ccccc1. The molecule has 1 atom stereocenters. The lowest BCUT2D eigenvalue weighted by Gasteiger charge is -2.15. The topological polar surface area (TPSA) is 81.7 Å². The fourth-order valence-corrected chi connectivity index (χ4v) is 2.57. The second-order valence-corrected chi connectivity index (χ2v) is 5.42. The summed E-state index contributed by atoms with van der Waals surface area (Å²) < 4.78 is 1.80. The minimum Gasteiger partial charge on any atom is -0.271 e. The number of hydrogen-bond donors (Lipinski definition) is 2. The highest BCUT2D eigenvalue weighted by Gasteiger charge is 2.18. The van der Waals surface area contributed by atoms with Crippen LogP contribution in [0.2, 0.25) is 0 Å². The average molecular weight is 308 g/mol. The maximum atomic E-state index is 5.73. The van der Waals surface area contributed by atoms with Gasteiger partial charge in [0.1, 0.15) is 0 Å². The molecule has 0 aliphatic rings. The highest BCUT2D eigenvalue weighted by Crippen LogP contribution is 2.16. The van der Waals surface area contributed by atoms with E-state index in [1.807, 2.05) is 36.4 Å². The molecule has 0 aliphatic heterocycles. The maximum Gasteiger partial charge on any atom is 0.169 e. The average Bonchev–Trinajstić information content (AvgIpc) is 3.05. The van der Waals surface area contributed by atoms with Crippen molar-refractivity contribution in [3.05, 3.63) is 77.6 Å². The van der Waals surface area contributed by atoms with Crippen molar-refractivity contribution in [3.63, 3.8) is 0 Å². The molecule has 2 aromatic carbocycles. The normalized spacial score (nSPS) is 12.2. The fourth-order valence-electron chi connectivity index (χ4n) is 2.57. The summed E-state index contributed by atoms with van der Waals surface area (Å²) in [5.41, 5.74) is 5.26. The van der Waals surface area contributed by atoms with Crippen LogP contribution in [0.25, 0.3) is 0 Å². The van der Waals surface area contributed by atoms with Gasteiger partial charge in [0.25, 0.3) is 0 Å². The van der Waals surface area contributed by atoms with Gasteiger partial charge in [-0.15, -0.1) is 5.10 Å². The highest BCUT2D eigenvalue weighted by molar-refractivity contribution is 5.16. The molecule has 6 nitrogen and oxygen atoms in total. The van der Waals surface area contributed by atoms with Crippen LogP contribution in [0, 0.1) is 0 Å². The number of hydrazine groups is 1. The van der Waals surface area contributed by atoms with Gasteiger partial charge in [0, 0.05) is 0 Å². The highest BCUT2D eigenvalue weighted by atomic mass is 15.5. The number of nitrogens with one attached hydrogen (secondary N) is 1. The lowest BCUT2D eigenvalue weighted by Crippen LogP contribution is -2.31. The van der Waals surface area contributed by atoms with Crippen LogP contribution >= 0.6 is 0 Å². The first-order chi connectivity index (χ1) is 11.4. The Labute approximate surface area is 135 Å². The first-order valence-electron chi connectivity index (χ1n) is 7.67. The summed E-state index contributed by atoms with van der Waals surface area (Å²) in [7, 11) is 0. The predicted molar refractivity (Wildman–Crippen MR) is 88.2 cm³/mol. The van der Waals surface area contributed by atoms with Gasteiger partial charge >= 0.3 is 0 Å². The third kappa shape index (κ3) is 4.00. The molecular formula is C17H20N6. The van der Waals surface area contributed by atoms with E-state index in [-0.39, 0.29) is 6.04 Å². The van der Waals surface area contributed by atoms with Gasteiger partial charge in [-0.25, -0.2) is 10.1 Å². The summed E-state index contributed by atoms with van der Waals surface area (Å²) >= 11 is 0. The van der Waals surface area contributed by atoms with Gasteiger partial charge in [0.2, 0.25) is 0 Å². The number of rotatable bonds is 7. The number of benzene rings is 2. The van der Waals surface area contributed by atoms with Crippen LogP contribution in [-0.2, 0) is 13.0 Å². The molecule has 0 amide bonds. The van der Waals surface area contributed by atoms with Gasteiger partial charge < -0.3 is 0 Å². The minimum atomic E-state index is -0.0890. The Hall–Kier alpha value is -2.57. The Morgan fingerprint density at radius 2 is 1.61 bits per heavy atom. The summed E-state index contributed by atoms with van der Waals surface area (Å²) in [6, 6.07) is 20.4. The molecule has 0 fully saturated rings. The molecule has 23 heavy (non-hydrogen) atoms. The summed E-state index contributed by atoms with van der Waals surface area (Å²) in [6.45, 7) is 0.632. The van der Waals surface area contributed by atoms with Crippen LogP contribution in [0.15, 0.2) is 60.7 Å². The van der Waals surface area contributed by atoms with E-state index in [1.165, 1.54) is 5.56 Å². The smallest absolute Gasteiger partial charge is 0.169 e. The minimum absolute atomic E-state index is 0.0890. The van der Waals surface area contributed by atoms with E-state index in [1.54, 1.807) is 4.68 Å². The Bertz CT molecular complexity index is 710. The number of nitrogens with two attached hydrogens (primary N) is 1. The quantitative estimate of drug-likeness (QED) is 0.514. The predicted octanol–water partition coefficient (Wildman–Crippen LogP) is 1.86. The van der Waals surface area contributed by atoms with Crippen LogP contribution in [0.5, 0.6) is 0 Å². The van der Waals surface area contributed by atoms with Crippen LogP contribution in [0.4, 0.5) is 0 Å². The zero-order chi connectivity index (χ0) is 15.9. The molecule has 0 bridgehead atoms. The van der Waals surface area contributed by atoms with Crippen LogP contribution in [0.3, 0.4) is 0 Å². The first kappa shape index (κ1) is 15.3. The molecule has 1 unspecified atom stereocenters. The Balaban J connectivity index is 1.70. The third-order valence-corrected chi connectivity index (χ3v) is 3.81. The van der Waals surface area contributed by atoms with Gasteiger partial charge in [0.15, 0.2) is 5.82 Å². The lowest BCUT2D eigenvalue weighted by atomic mass is 10.1. The Morgan fingerprint density at radius 3 is 2.26 bits per heavy atom. The molecule has 0 saturated heterocycles. The largest absolute Gasteiger partial charge is 0.271 e. The van der Waals surface area contributed by atoms with Crippen molar-refractivity contribution in [2.24, 2.45) is 5.84 Å². The molecule has 3 aromatic rings. The molecule has 0 saturated carbocycles. The zero-order valence-electron chi connectivity index (χ0n) is 12.8. The van der Waals surface area contributed by atoms with E-state index < -0.39 is 0 Å². The van der Waals surface area contributed by atoms with E-state index in [4.69, 9.17) is 5.84 Å². The number of nitrogens with zero attached hydrogens (tertiary/aromatic N) is 4. The van der Waals surface area contributed by atoms with Crippen LogP contribution in [0.1, 0.15) is 29.4 Å². The molecule has 3 N–H and O–H groups in total. The van der Waals surface area contributed by atoms with Crippen molar-refractivity contribution < 1.29 is 0 Å². The molecule has 3 rings (SSSR count). The molecule has 6 heteroatoms. The molecule has 0 spiro atoms. The van der Waals surface area contributed by atoms with Crippen molar-refractivity contribution in [2.45, 2.75) is 25.4 Å². The van der Waals surface area contributed by atoms with Gasteiger partial charge in [-0.3, -0.25) is 5.84 Å². The van der Waals surface area contributed by atoms with E-state index in [0.717, 1.165) is 24.2 Å². The molecule has 0 radical (unpaired) electrons. The summed E-state index contributed by atoms with van der Waals surface area (Å²) in [5, 5.41) is 12.1. The third-order valence-electron chi connectivity index (χ3n) is 3.81. The number of hydrogen-bond acceptors (Lipinski definition) is 5. The molecule has 1 aromatic heterocycles. The number of tetrazole rings is 1. The van der Waals surface area contributed by atoms with Crippen molar-refractivity contribution in [2.75, 3.05) is 0 Å². The second-order valence-electron chi connectivity index (χ2n) is 5.42. The van der Waals surface area contributed by atoms with E-state index in [9.17, 15) is 0 Å². The van der Waals surface area contributed by atoms with Crippen molar-refractivity contribution in [1.29, 1.82) is 0 Å². The zero-order valence-corrected chi connectivity index (χ0v) is 12.8. The van der Waals surface area contributed by atoms with E-state index in [2.05, 4.69) is 45.2 Å². The molecule has 0 aliphatic carbocycles. The first-order valence-corrected chi connectivity index (χ1v) is 7.67. The van der Waals surface area contributed by atoms with Gasteiger partial charge in [-0.05, 0) is 34.4 Å². The van der Waals surface area contributed by atoms with Crippen molar-refractivity contribution in [3.8, 4) is 0 Å². The summed E-state index contributed by atoms with van der Waals surface area (Å²) in [6.07, 6.45) is 1.74. The fraction of sp³-hybridized carbons (Fsp3) is 0.235. The van der Waals surface area contributed by atoms with Crippen molar-refractivity contribution >= 4 is 0 Å². The van der Waals surface area contributed by atoms with Gasteiger partial charge in [-0.1, -0.05) is 60.7 Å². The molecule has 118 valence electrons. The summed E-state index contributed by atoms with van der Waals surface area (Å²) in [4.78, 5) is 0.